The number of benzene rings is 8. The molecule has 61 heavy (non-hydrogen) atoms. The second-order valence-corrected chi connectivity index (χ2v) is 34.9. The van der Waals surface area contributed by atoms with Crippen LogP contribution >= 0.6 is 12.6 Å². The average molecular weight is 860 g/mol. The van der Waals surface area contributed by atoms with Gasteiger partial charge in [-0.25, -0.2) is 0 Å². The number of rotatable bonds is 9. The van der Waals surface area contributed by atoms with E-state index >= 15 is 0 Å². The van der Waals surface area contributed by atoms with Crippen molar-refractivity contribution in [1.29, 1.82) is 15.8 Å². The third-order valence-electron chi connectivity index (χ3n) is 11.8. The van der Waals surface area contributed by atoms with Crippen molar-refractivity contribution in [1.82, 2.24) is 0 Å². The average Bonchev–Trinajstić information content (AvgIpc) is 3.22. The predicted molar refractivity (Wildman–Crippen MR) is 270 cm³/mol. The van der Waals surface area contributed by atoms with Gasteiger partial charge >= 0.3 is 0 Å². The second kappa shape index (κ2) is 15.4. The van der Waals surface area contributed by atoms with Crippen LogP contribution in [0.3, 0.4) is 0 Å². The number of nitriles is 3. The molecule has 9 heteroatoms. The molecule has 0 unspecified atom stereocenters. The molecule has 8 aromatic carbocycles. The third kappa shape index (κ3) is 7.74. The third-order valence-corrected chi connectivity index (χ3v) is 18.1. The highest BCUT2D eigenvalue weighted by Gasteiger charge is 2.28. The molecular weight excluding hydrogens is 811 g/mol. The zero-order valence-electron chi connectivity index (χ0n) is 36.3. The fourth-order valence-corrected chi connectivity index (χ4v) is 12.4. The molecule has 8 rings (SSSR count). The van der Waals surface area contributed by atoms with Gasteiger partial charge in [0.05, 0.1) is 58.4 Å². The van der Waals surface area contributed by atoms with Gasteiger partial charge in [0.2, 0.25) is 0 Å². The smallest absolute Gasteiger partial charge is 0.101 e. The Labute approximate surface area is 368 Å². The summed E-state index contributed by atoms with van der Waals surface area (Å²) in [6.45, 7) is 21.5. The van der Waals surface area contributed by atoms with E-state index in [0.29, 0.717) is 16.7 Å². The first-order valence-electron chi connectivity index (χ1n) is 20.7. The molecule has 0 radical (unpaired) electrons. The monoisotopic (exact) mass is 859 g/mol. The van der Waals surface area contributed by atoms with Crippen molar-refractivity contribution in [3.05, 3.63) is 144 Å². The van der Waals surface area contributed by atoms with E-state index in [9.17, 15) is 15.8 Å². The normalized spacial score (nSPS) is 12.0. The van der Waals surface area contributed by atoms with Crippen LogP contribution in [0.1, 0.15) is 16.7 Å². The summed E-state index contributed by atoms with van der Waals surface area (Å²) in [7, 11) is -5.25. The van der Waals surface area contributed by atoms with E-state index in [1.165, 1.54) is 20.9 Å². The molecule has 0 saturated heterocycles. The van der Waals surface area contributed by atoms with Crippen LogP contribution in [-0.4, -0.2) is 24.2 Å². The maximum absolute atomic E-state index is 10.2. The molecule has 0 amide bonds. The van der Waals surface area contributed by atoms with E-state index in [1.54, 1.807) is 6.07 Å². The number of thiol groups is 1. The Bertz CT molecular complexity index is 3120. The lowest BCUT2D eigenvalue weighted by molar-refractivity contribution is 1.27. The van der Waals surface area contributed by atoms with Gasteiger partial charge in [-0.15, -0.1) is 12.6 Å². The van der Waals surface area contributed by atoms with Gasteiger partial charge in [0.1, 0.15) is 12.1 Å². The summed E-state index contributed by atoms with van der Waals surface area (Å²) < 4.78 is 0. The fourth-order valence-electron chi connectivity index (χ4n) is 8.32. The zero-order chi connectivity index (χ0) is 43.6. The van der Waals surface area contributed by atoms with Gasteiger partial charge < -0.3 is 9.80 Å². The summed E-state index contributed by atoms with van der Waals surface area (Å²) in [5.74, 6) is 0. The van der Waals surface area contributed by atoms with Crippen molar-refractivity contribution in [3.63, 3.8) is 0 Å². The lowest BCUT2D eigenvalue weighted by Crippen LogP contribution is -2.45. The maximum atomic E-state index is 10.2. The van der Waals surface area contributed by atoms with Crippen molar-refractivity contribution in [2.45, 2.75) is 63.8 Å². The van der Waals surface area contributed by atoms with Gasteiger partial charge in [-0.1, -0.05) is 117 Å². The summed E-state index contributed by atoms with van der Waals surface area (Å²) >= 11 is 4.93. The molecule has 0 aromatic heterocycles. The summed E-state index contributed by atoms with van der Waals surface area (Å²) in [6.07, 6.45) is 0. The molecule has 5 nitrogen and oxygen atoms in total. The summed E-state index contributed by atoms with van der Waals surface area (Å²) in [6, 6.07) is 51.9. The Morgan fingerprint density at radius 2 is 0.852 bits per heavy atom. The second-order valence-electron chi connectivity index (χ2n) is 19.1. The molecule has 0 fully saturated rings. The first-order valence-corrected chi connectivity index (χ1v) is 31.6. The predicted octanol–water partition coefficient (Wildman–Crippen LogP) is 13.1. The van der Waals surface area contributed by atoms with Gasteiger partial charge in [0, 0.05) is 38.4 Å². The van der Waals surface area contributed by atoms with Gasteiger partial charge in [-0.05, 0) is 106 Å². The van der Waals surface area contributed by atoms with Crippen LogP contribution in [0.4, 0.5) is 34.1 Å². The molecule has 0 aliphatic rings. The minimum Gasteiger partial charge on any atom is -0.310 e. The Hall–Kier alpha value is -6.13. The molecule has 0 N–H and O–H groups in total. The molecular formula is C52H49N5SSi3. The Morgan fingerprint density at radius 3 is 1.33 bits per heavy atom. The topological polar surface area (TPSA) is 77.8 Å². The largest absolute Gasteiger partial charge is 0.310 e. The zero-order valence-corrected chi connectivity index (χ0v) is 40.2. The number of hydrogen-bond acceptors (Lipinski definition) is 6. The van der Waals surface area contributed by atoms with Crippen LogP contribution < -0.4 is 25.4 Å². The van der Waals surface area contributed by atoms with Crippen LogP contribution in [-0.2, 0) is 0 Å². The van der Waals surface area contributed by atoms with Crippen LogP contribution in [0, 0.1) is 34.0 Å². The first kappa shape index (κ1) is 41.6. The van der Waals surface area contributed by atoms with Gasteiger partial charge in [-0.2, -0.15) is 15.8 Å². The van der Waals surface area contributed by atoms with E-state index in [0.717, 1.165) is 66.0 Å². The number of nitrogens with zero attached hydrogens (tertiary/aromatic N) is 5. The molecule has 0 spiro atoms. The van der Waals surface area contributed by atoms with Crippen molar-refractivity contribution < 1.29 is 0 Å². The molecule has 300 valence electrons. The molecule has 8 aromatic rings. The molecule has 0 aliphatic carbocycles. The minimum atomic E-state index is -1.78. The Morgan fingerprint density at radius 1 is 0.410 bits per heavy atom. The molecule has 0 saturated carbocycles. The standard InChI is InChI=1S/C52H49N5SSi3/c1-59(2,3)44-26-41(25-43(58)29-44)57(40-19-12-37(32-54)38(24-40)33-55)50-23-16-36-13-20-47-49(22-15-35-14-21-48(50)52(36)51(35)47)56(39-17-10-34(31-53)11-18-39)42-27-45(60(4,5)6)30-46(28-42)61(7,8)9/h10-30,58H,1-9H3. The van der Waals surface area contributed by atoms with E-state index < -0.39 is 24.2 Å². The fraction of sp³-hybridized carbons (Fsp3) is 0.173. The summed E-state index contributed by atoms with van der Waals surface area (Å²) in [4.78, 5) is 5.49. The minimum absolute atomic E-state index is 0.332. The van der Waals surface area contributed by atoms with Crippen LogP contribution in [0.15, 0.2) is 132 Å². The van der Waals surface area contributed by atoms with Crippen molar-refractivity contribution in [3.8, 4) is 18.2 Å². The van der Waals surface area contributed by atoms with E-state index in [2.05, 4.69) is 184 Å². The molecule has 0 aliphatic heterocycles. The highest BCUT2D eigenvalue weighted by Crippen LogP contribution is 2.47. The summed E-state index contributed by atoms with van der Waals surface area (Å²) in [5, 5.41) is 40.7. The van der Waals surface area contributed by atoms with Crippen molar-refractivity contribution in [2.24, 2.45) is 0 Å². The van der Waals surface area contributed by atoms with Crippen molar-refractivity contribution >= 4 is 119 Å². The van der Waals surface area contributed by atoms with Crippen LogP contribution in [0.25, 0.3) is 32.3 Å². The Balaban J connectivity index is 1.44. The molecule has 0 bridgehead atoms. The highest BCUT2D eigenvalue weighted by molar-refractivity contribution is 7.80. The van der Waals surface area contributed by atoms with Gasteiger partial charge in [-0.3, -0.25) is 0 Å². The van der Waals surface area contributed by atoms with Gasteiger partial charge in [0.15, 0.2) is 0 Å². The van der Waals surface area contributed by atoms with Crippen LogP contribution in [0.2, 0.25) is 58.9 Å². The number of hydrogen-bond donors (Lipinski definition) is 1. The van der Waals surface area contributed by atoms with Gasteiger partial charge in [0.25, 0.3) is 0 Å². The highest BCUT2D eigenvalue weighted by atomic mass is 32.1. The quantitative estimate of drug-likeness (QED) is 0.0889. The molecule has 0 heterocycles. The van der Waals surface area contributed by atoms with Crippen LogP contribution in [0.5, 0.6) is 0 Å². The van der Waals surface area contributed by atoms with E-state index in [1.807, 2.05) is 24.3 Å². The van der Waals surface area contributed by atoms with E-state index in [4.69, 9.17) is 12.6 Å². The lowest BCUT2D eigenvalue weighted by atomic mass is 9.91. The van der Waals surface area contributed by atoms with Crippen molar-refractivity contribution in [2.75, 3.05) is 9.80 Å². The van der Waals surface area contributed by atoms with E-state index in [-0.39, 0.29) is 0 Å². The Kier molecular flexibility index (Phi) is 10.5. The summed E-state index contributed by atoms with van der Waals surface area (Å²) in [5.41, 5.74) is 7.19. The number of anilines is 6. The molecule has 0 atom stereocenters. The lowest BCUT2D eigenvalue weighted by Gasteiger charge is -2.32. The maximum Gasteiger partial charge on any atom is 0.101 e. The SMILES string of the molecule is C[Si](C)(C)c1cc(S)cc(N(c2ccc(C#N)c(C#N)c2)c2ccc3ccc4c(N(c5ccc(C#N)cc5)c5cc([Si](C)(C)C)cc([Si](C)(C)C)c5)ccc5ccc2c3c54)c1. The first-order chi connectivity index (χ1) is 28.9.